The molecule has 1 fully saturated rings. The smallest absolute Gasteiger partial charge is 0.245 e. The van der Waals surface area contributed by atoms with Crippen LogP contribution < -0.4 is 15.5 Å². The second kappa shape index (κ2) is 13.0. The first-order valence-electron chi connectivity index (χ1n) is 14.9. The number of nitrogens with zero attached hydrogens (tertiary/aromatic N) is 4. The van der Waals surface area contributed by atoms with Gasteiger partial charge >= 0.3 is 0 Å². The van der Waals surface area contributed by atoms with Crippen molar-refractivity contribution in [3.63, 3.8) is 0 Å². The van der Waals surface area contributed by atoms with Gasteiger partial charge in [-0.3, -0.25) is 9.59 Å². The summed E-state index contributed by atoms with van der Waals surface area (Å²) in [5, 5.41) is 7.10. The zero-order valence-electron chi connectivity index (χ0n) is 24.4. The third-order valence-electron chi connectivity index (χ3n) is 8.56. The van der Waals surface area contributed by atoms with Crippen LogP contribution in [0.1, 0.15) is 28.1 Å². The predicted molar refractivity (Wildman–Crippen MR) is 169 cm³/mol. The Morgan fingerprint density at radius 1 is 0.977 bits per heavy atom. The van der Waals surface area contributed by atoms with Crippen LogP contribution in [0.2, 0.25) is 5.02 Å². The van der Waals surface area contributed by atoms with Crippen LogP contribution in [-0.2, 0) is 42.4 Å². The lowest BCUT2D eigenvalue weighted by Crippen LogP contribution is -2.58. The summed E-state index contributed by atoms with van der Waals surface area (Å²) >= 11 is 6.12. The summed E-state index contributed by atoms with van der Waals surface area (Å²) in [6.45, 7) is 3.22. The fourth-order valence-electron chi connectivity index (χ4n) is 6.06. The molecule has 43 heavy (non-hydrogen) atoms. The third kappa shape index (κ3) is 6.76. The van der Waals surface area contributed by atoms with E-state index in [1.807, 2.05) is 65.3 Å². The van der Waals surface area contributed by atoms with Gasteiger partial charge < -0.3 is 25.0 Å². The van der Waals surface area contributed by atoms with Crippen LogP contribution >= 0.6 is 11.6 Å². The summed E-state index contributed by atoms with van der Waals surface area (Å²) in [5.41, 5.74) is 5.71. The molecule has 9 heteroatoms. The van der Waals surface area contributed by atoms with E-state index >= 15 is 0 Å². The van der Waals surface area contributed by atoms with Crippen molar-refractivity contribution < 1.29 is 9.59 Å². The molecule has 222 valence electrons. The Morgan fingerprint density at radius 2 is 1.70 bits per heavy atom. The largest absolute Gasteiger partial charge is 0.368 e. The molecule has 8 nitrogen and oxygen atoms in total. The Balaban J connectivity index is 1.14. The van der Waals surface area contributed by atoms with Crippen LogP contribution in [0.5, 0.6) is 0 Å². The predicted octanol–water partition coefficient (Wildman–Crippen LogP) is 3.75. The van der Waals surface area contributed by atoms with Crippen LogP contribution in [0.4, 0.5) is 5.69 Å². The Bertz CT molecular complexity index is 1580. The molecule has 1 aromatic heterocycles. The van der Waals surface area contributed by atoms with Gasteiger partial charge in [-0.25, -0.2) is 4.98 Å². The standard InChI is InChI=1S/C34H37ClN6O2/c1-39-15-14-36-32(39)22-26-7-4-5-9-31(26)40-16-18-41(19-17-40)34(43)30(20-24-10-12-28(35)13-11-24)38-33(42)29-21-25-6-2-3-8-27(25)23-37-29/h2-15,29-30,37H,16-23H2,1H3,(H,38,42)/t29-,30-/m1/s1. The number of hydrogen-bond acceptors (Lipinski definition) is 5. The lowest BCUT2D eigenvalue weighted by atomic mass is 9.95. The van der Waals surface area contributed by atoms with Gasteiger partial charge in [-0.15, -0.1) is 0 Å². The molecule has 2 aliphatic rings. The minimum atomic E-state index is -0.671. The average Bonchev–Trinajstić information content (AvgIpc) is 3.45. The van der Waals surface area contributed by atoms with Crippen molar-refractivity contribution in [2.45, 2.75) is 37.9 Å². The monoisotopic (exact) mass is 596 g/mol. The van der Waals surface area contributed by atoms with E-state index in [0.29, 0.717) is 50.6 Å². The number of halogens is 1. The summed E-state index contributed by atoms with van der Waals surface area (Å²) < 4.78 is 2.05. The van der Waals surface area contributed by atoms with Crippen molar-refractivity contribution in [2.24, 2.45) is 7.05 Å². The quantitative estimate of drug-likeness (QED) is 0.324. The average molecular weight is 597 g/mol. The molecule has 2 aliphatic heterocycles. The number of amides is 2. The van der Waals surface area contributed by atoms with Gasteiger partial charge in [0.05, 0.1) is 6.04 Å². The molecule has 0 bridgehead atoms. The third-order valence-corrected chi connectivity index (χ3v) is 8.81. The van der Waals surface area contributed by atoms with E-state index in [0.717, 1.165) is 17.8 Å². The Labute approximate surface area is 257 Å². The number of fused-ring (bicyclic) bond motifs is 1. The molecule has 0 spiro atoms. The number of anilines is 1. The van der Waals surface area contributed by atoms with Gasteiger partial charge in [-0.1, -0.05) is 66.2 Å². The highest BCUT2D eigenvalue weighted by molar-refractivity contribution is 6.30. The molecule has 3 heterocycles. The van der Waals surface area contributed by atoms with Gasteiger partial charge in [0.2, 0.25) is 11.8 Å². The Morgan fingerprint density at radius 3 is 2.44 bits per heavy atom. The maximum Gasteiger partial charge on any atom is 0.245 e. The highest BCUT2D eigenvalue weighted by Gasteiger charge is 2.32. The number of hydrogen-bond donors (Lipinski definition) is 2. The van der Waals surface area contributed by atoms with E-state index in [2.05, 4.69) is 56.9 Å². The molecular weight excluding hydrogens is 560 g/mol. The van der Waals surface area contributed by atoms with E-state index in [9.17, 15) is 9.59 Å². The van der Waals surface area contributed by atoms with E-state index in [-0.39, 0.29) is 17.9 Å². The summed E-state index contributed by atoms with van der Waals surface area (Å²) in [7, 11) is 2.01. The highest BCUT2D eigenvalue weighted by Crippen LogP contribution is 2.25. The van der Waals surface area contributed by atoms with Crippen molar-refractivity contribution in [3.8, 4) is 0 Å². The van der Waals surface area contributed by atoms with Crippen molar-refractivity contribution in [3.05, 3.63) is 118 Å². The number of benzene rings is 3. The van der Waals surface area contributed by atoms with Crippen molar-refractivity contribution in [1.82, 2.24) is 25.1 Å². The number of aromatic nitrogens is 2. The number of rotatable bonds is 8. The number of aryl methyl sites for hydroxylation is 1. The Hall–Kier alpha value is -4.14. The minimum absolute atomic E-state index is 0.0551. The SMILES string of the molecule is Cn1ccnc1Cc1ccccc1N1CCN(C(=O)[C@@H](Cc2ccc(Cl)cc2)NC(=O)[C@H]2Cc3ccccc3CN2)CC1. The van der Waals surface area contributed by atoms with Gasteiger partial charge in [0.15, 0.2) is 0 Å². The first-order chi connectivity index (χ1) is 20.9. The number of nitrogens with one attached hydrogen (secondary N) is 2. The fourth-order valence-corrected chi connectivity index (χ4v) is 6.19. The van der Waals surface area contributed by atoms with E-state index in [1.165, 1.54) is 22.4 Å². The number of para-hydroxylation sites is 1. The molecule has 4 aromatic rings. The fraction of sp³-hybridized carbons (Fsp3) is 0.324. The number of imidazole rings is 1. The normalized spacial score (nSPS) is 17.3. The topological polar surface area (TPSA) is 82.5 Å². The molecule has 2 atom stereocenters. The second-order valence-electron chi connectivity index (χ2n) is 11.4. The van der Waals surface area contributed by atoms with E-state index in [4.69, 9.17) is 11.6 Å². The Kier molecular flexibility index (Phi) is 8.77. The summed E-state index contributed by atoms with van der Waals surface area (Å²) in [5.74, 6) is 0.808. The highest BCUT2D eigenvalue weighted by atomic mass is 35.5. The van der Waals surface area contributed by atoms with Crippen LogP contribution in [0.3, 0.4) is 0 Å². The first-order valence-corrected chi connectivity index (χ1v) is 15.3. The van der Waals surface area contributed by atoms with Gasteiger partial charge in [-0.2, -0.15) is 0 Å². The summed E-state index contributed by atoms with van der Waals surface area (Å²) in [4.78, 5) is 36.2. The zero-order valence-corrected chi connectivity index (χ0v) is 25.1. The molecule has 0 radical (unpaired) electrons. The van der Waals surface area contributed by atoms with Crippen molar-refractivity contribution in [2.75, 3.05) is 31.1 Å². The molecule has 0 aliphatic carbocycles. The van der Waals surface area contributed by atoms with Crippen molar-refractivity contribution >= 4 is 29.1 Å². The first kappa shape index (κ1) is 29.0. The molecule has 2 amide bonds. The van der Waals surface area contributed by atoms with Crippen LogP contribution in [0.15, 0.2) is 85.2 Å². The summed E-state index contributed by atoms with van der Waals surface area (Å²) in [6.07, 6.45) is 5.53. The van der Waals surface area contributed by atoms with E-state index in [1.54, 1.807) is 0 Å². The lowest BCUT2D eigenvalue weighted by Gasteiger charge is -2.38. The molecule has 3 aromatic carbocycles. The lowest BCUT2D eigenvalue weighted by molar-refractivity contribution is -0.137. The molecule has 1 saturated heterocycles. The van der Waals surface area contributed by atoms with Crippen LogP contribution in [0, 0.1) is 0 Å². The molecule has 0 unspecified atom stereocenters. The number of piperazine rings is 1. The number of carbonyl (C=O) groups excluding carboxylic acids is 2. The van der Waals surface area contributed by atoms with Crippen molar-refractivity contribution in [1.29, 1.82) is 0 Å². The van der Waals surface area contributed by atoms with Crippen LogP contribution in [-0.4, -0.2) is 64.5 Å². The number of carbonyl (C=O) groups is 2. The van der Waals surface area contributed by atoms with Gasteiger partial charge in [0, 0.05) is 75.7 Å². The molecule has 0 saturated carbocycles. The molecule has 6 rings (SSSR count). The second-order valence-corrected chi connectivity index (χ2v) is 11.8. The van der Waals surface area contributed by atoms with Gasteiger partial charge in [0.1, 0.15) is 11.9 Å². The van der Waals surface area contributed by atoms with Gasteiger partial charge in [-0.05, 0) is 46.9 Å². The zero-order chi connectivity index (χ0) is 29.8. The molecule has 2 N–H and O–H groups in total. The summed E-state index contributed by atoms with van der Waals surface area (Å²) in [6, 6.07) is 23.0. The maximum absolute atomic E-state index is 14.0. The molecular formula is C34H37ClN6O2. The van der Waals surface area contributed by atoms with Gasteiger partial charge in [0.25, 0.3) is 0 Å². The minimum Gasteiger partial charge on any atom is -0.368 e. The van der Waals surface area contributed by atoms with Crippen LogP contribution in [0.25, 0.3) is 0 Å². The maximum atomic E-state index is 14.0. The van der Waals surface area contributed by atoms with E-state index < -0.39 is 6.04 Å².